The minimum atomic E-state index is 0.659. The quantitative estimate of drug-likeness (QED) is 0.652. The number of rotatable bonds is 3. The van der Waals surface area contributed by atoms with Gasteiger partial charge in [-0.3, -0.25) is 10.4 Å². The van der Waals surface area contributed by atoms with E-state index in [1.807, 2.05) is 18.2 Å². The van der Waals surface area contributed by atoms with Gasteiger partial charge in [-0.25, -0.2) is 0 Å². The maximum absolute atomic E-state index is 9.37. The Morgan fingerprint density at radius 3 is 2.50 bits per heavy atom. The zero-order valence-corrected chi connectivity index (χ0v) is 20.7. The van der Waals surface area contributed by atoms with E-state index in [2.05, 4.69) is 59.0 Å². The second kappa shape index (κ2) is 9.72. The van der Waals surface area contributed by atoms with E-state index in [-0.39, 0.29) is 0 Å². The van der Waals surface area contributed by atoms with E-state index in [0.29, 0.717) is 5.56 Å². The topological polar surface area (TPSA) is 45.5 Å². The molecule has 0 radical (unpaired) electrons. The molecule has 0 spiro atoms. The molecule has 34 heavy (non-hydrogen) atoms. The van der Waals surface area contributed by atoms with Gasteiger partial charge in [-0.1, -0.05) is 32.1 Å². The minimum absolute atomic E-state index is 0.659. The van der Waals surface area contributed by atoms with Crippen molar-refractivity contribution in [2.75, 3.05) is 48.6 Å². The Morgan fingerprint density at radius 1 is 1.03 bits per heavy atom. The molecule has 2 aromatic rings. The molecule has 5 nitrogen and oxygen atoms in total. The monoisotopic (exact) mass is 455 g/mol. The molecule has 3 aliphatic heterocycles. The minimum Gasteiger partial charge on any atom is -0.371 e. The van der Waals surface area contributed by atoms with Gasteiger partial charge in [-0.15, -0.1) is 0 Å². The molecule has 2 saturated heterocycles. The SMILES string of the molecule is C=C1Cc2cc(CC)c(N3CCC(N4CCCCC4)CC3)cc2N(C)Nc2cc(C#N)ccc21. The number of aryl methyl sites for hydroxylation is 1. The van der Waals surface area contributed by atoms with Gasteiger partial charge in [0.2, 0.25) is 0 Å². The molecule has 5 heteroatoms. The molecule has 178 valence electrons. The lowest BCUT2D eigenvalue weighted by molar-refractivity contribution is 0.141. The largest absolute Gasteiger partial charge is 0.371 e. The normalized spacial score (nSPS) is 19.5. The molecule has 0 saturated carbocycles. The number of nitriles is 1. The molecule has 1 N–H and O–H groups in total. The van der Waals surface area contributed by atoms with Gasteiger partial charge in [0.05, 0.1) is 23.0 Å². The van der Waals surface area contributed by atoms with Crippen LogP contribution in [0.4, 0.5) is 17.1 Å². The Labute approximate surface area is 204 Å². The highest BCUT2D eigenvalue weighted by Crippen LogP contribution is 2.38. The van der Waals surface area contributed by atoms with Gasteiger partial charge in [0, 0.05) is 37.4 Å². The van der Waals surface area contributed by atoms with E-state index in [1.165, 1.54) is 67.7 Å². The first-order valence-electron chi connectivity index (χ1n) is 12.9. The highest BCUT2D eigenvalue weighted by Gasteiger charge is 2.27. The number of anilines is 3. The first kappa shape index (κ1) is 22.8. The summed E-state index contributed by atoms with van der Waals surface area (Å²) in [5.41, 5.74) is 12.6. The van der Waals surface area contributed by atoms with Crippen LogP contribution in [-0.4, -0.2) is 44.2 Å². The van der Waals surface area contributed by atoms with Gasteiger partial charge >= 0.3 is 0 Å². The van der Waals surface area contributed by atoms with E-state index >= 15 is 0 Å². The number of benzene rings is 2. The van der Waals surface area contributed by atoms with Gasteiger partial charge in [0.25, 0.3) is 0 Å². The summed E-state index contributed by atoms with van der Waals surface area (Å²) >= 11 is 0. The Morgan fingerprint density at radius 2 is 1.79 bits per heavy atom. The number of hydrogen-bond acceptors (Lipinski definition) is 5. The van der Waals surface area contributed by atoms with Crippen molar-refractivity contribution in [3.05, 3.63) is 59.2 Å². The smallest absolute Gasteiger partial charge is 0.0992 e. The molecule has 0 amide bonds. The van der Waals surface area contributed by atoms with Crippen LogP contribution in [0.2, 0.25) is 0 Å². The average Bonchev–Trinajstić information content (AvgIpc) is 2.88. The number of likely N-dealkylation sites (tertiary alicyclic amines) is 1. The van der Waals surface area contributed by atoms with Crippen molar-refractivity contribution in [3.63, 3.8) is 0 Å². The third kappa shape index (κ3) is 4.40. The van der Waals surface area contributed by atoms with E-state index < -0.39 is 0 Å². The first-order valence-corrected chi connectivity index (χ1v) is 12.9. The van der Waals surface area contributed by atoms with E-state index in [4.69, 9.17) is 0 Å². The zero-order valence-electron chi connectivity index (χ0n) is 20.7. The Hall–Kier alpha value is -2.97. The van der Waals surface area contributed by atoms with Crippen LogP contribution in [-0.2, 0) is 12.8 Å². The van der Waals surface area contributed by atoms with Crippen LogP contribution in [0.5, 0.6) is 0 Å². The third-order valence-electron chi connectivity index (χ3n) is 7.96. The van der Waals surface area contributed by atoms with Crippen molar-refractivity contribution >= 4 is 22.6 Å². The Kier molecular flexibility index (Phi) is 6.52. The number of fused-ring (bicyclic) bond motifs is 2. The summed E-state index contributed by atoms with van der Waals surface area (Å²) in [6.07, 6.45) is 8.50. The molecule has 0 atom stereocenters. The maximum Gasteiger partial charge on any atom is 0.0992 e. The molecular formula is C29H37N5. The summed E-state index contributed by atoms with van der Waals surface area (Å²) in [7, 11) is 2.08. The van der Waals surface area contributed by atoms with Crippen LogP contribution in [0.15, 0.2) is 36.9 Å². The van der Waals surface area contributed by atoms with Crippen LogP contribution >= 0.6 is 0 Å². The summed E-state index contributed by atoms with van der Waals surface area (Å²) in [6, 6.07) is 13.6. The van der Waals surface area contributed by atoms with Gasteiger partial charge in [0.15, 0.2) is 0 Å². The van der Waals surface area contributed by atoms with Crippen molar-refractivity contribution in [2.24, 2.45) is 0 Å². The van der Waals surface area contributed by atoms with Gasteiger partial charge in [-0.2, -0.15) is 5.26 Å². The predicted molar refractivity (Wildman–Crippen MR) is 142 cm³/mol. The first-order chi connectivity index (χ1) is 16.6. The molecule has 0 aromatic heterocycles. The van der Waals surface area contributed by atoms with E-state index in [1.54, 1.807) is 0 Å². The number of piperidine rings is 2. The molecule has 2 aromatic carbocycles. The van der Waals surface area contributed by atoms with Crippen LogP contribution in [0.1, 0.15) is 61.3 Å². The van der Waals surface area contributed by atoms with Crippen molar-refractivity contribution < 1.29 is 0 Å². The van der Waals surface area contributed by atoms with Gasteiger partial charge in [0.1, 0.15) is 0 Å². The predicted octanol–water partition coefficient (Wildman–Crippen LogP) is 5.61. The molecule has 0 aliphatic carbocycles. The van der Waals surface area contributed by atoms with Crippen molar-refractivity contribution in [1.29, 1.82) is 5.26 Å². The second-order valence-electron chi connectivity index (χ2n) is 10.1. The molecule has 2 fully saturated rings. The highest BCUT2D eigenvalue weighted by molar-refractivity contribution is 5.82. The maximum atomic E-state index is 9.37. The highest BCUT2D eigenvalue weighted by atomic mass is 15.5. The van der Waals surface area contributed by atoms with Crippen LogP contribution in [0.25, 0.3) is 5.57 Å². The summed E-state index contributed by atoms with van der Waals surface area (Å²) < 4.78 is 0. The molecule has 0 bridgehead atoms. The van der Waals surface area contributed by atoms with E-state index in [9.17, 15) is 5.26 Å². The fourth-order valence-electron chi connectivity index (χ4n) is 6.04. The number of hydrazine groups is 1. The average molecular weight is 456 g/mol. The summed E-state index contributed by atoms with van der Waals surface area (Å²) in [5, 5.41) is 11.5. The molecule has 3 heterocycles. The number of hydrogen-bond donors (Lipinski definition) is 1. The molecule has 0 unspecified atom stereocenters. The number of nitrogens with zero attached hydrogens (tertiary/aromatic N) is 4. The van der Waals surface area contributed by atoms with Crippen molar-refractivity contribution in [1.82, 2.24) is 4.90 Å². The third-order valence-corrected chi connectivity index (χ3v) is 7.96. The number of allylic oxidation sites excluding steroid dienone is 1. The summed E-state index contributed by atoms with van der Waals surface area (Å²) in [4.78, 5) is 5.36. The summed E-state index contributed by atoms with van der Waals surface area (Å²) in [6.45, 7) is 11.5. The molecule has 3 aliphatic rings. The fourth-order valence-corrected chi connectivity index (χ4v) is 6.04. The van der Waals surface area contributed by atoms with Gasteiger partial charge in [-0.05, 0) is 86.5 Å². The molecular weight excluding hydrogens is 418 g/mol. The van der Waals surface area contributed by atoms with Crippen LogP contribution < -0.4 is 15.3 Å². The standard InChI is InChI=1S/C29H37N5/c1-4-23-18-24-16-21(2)26-9-8-22(20-30)17-27(26)31-32(3)28(24)19-29(23)34-14-10-25(11-15-34)33-12-6-5-7-13-33/h8-9,17-19,25,31H,2,4-7,10-16H2,1,3H3. The molecule has 5 rings (SSSR count). The van der Waals surface area contributed by atoms with Gasteiger partial charge < -0.3 is 9.80 Å². The van der Waals surface area contributed by atoms with Crippen LogP contribution in [0.3, 0.4) is 0 Å². The Bertz CT molecular complexity index is 1100. The lowest BCUT2D eigenvalue weighted by Crippen LogP contribution is -2.47. The summed E-state index contributed by atoms with van der Waals surface area (Å²) in [5.74, 6) is 0. The van der Waals surface area contributed by atoms with Crippen LogP contribution in [0, 0.1) is 11.3 Å². The lowest BCUT2D eigenvalue weighted by Gasteiger charge is -2.42. The Balaban J connectivity index is 1.41. The zero-order chi connectivity index (χ0) is 23.7. The van der Waals surface area contributed by atoms with E-state index in [0.717, 1.165) is 48.8 Å². The fraction of sp³-hybridized carbons (Fsp3) is 0.483. The van der Waals surface area contributed by atoms with Crippen molar-refractivity contribution in [2.45, 2.75) is 57.9 Å². The van der Waals surface area contributed by atoms with Crippen molar-refractivity contribution in [3.8, 4) is 6.07 Å². The lowest BCUT2D eigenvalue weighted by atomic mass is 9.92. The number of nitrogens with one attached hydrogen (secondary N) is 1. The second-order valence-corrected chi connectivity index (χ2v) is 10.1.